The quantitative estimate of drug-likeness (QED) is 0.749. The lowest BCUT2D eigenvalue weighted by Gasteiger charge is -2.08. The van der Waals surface area contributed by atoms with Crippen molar-refractivity contribution in [2.75, 3.05) is 0 Å². The first-order valence-electron chi connectivity index (χ1n) is 3.95. The van der Waals surface area contributed by atoms with E-state index in [1.807, 2.05) is 0 Å². The third-order valence-electron chi connectivity index (χ3n) is 1.93. The molecule has 0 aliphatic rings. The summed E-state index contributed by atoms with van der Waals surface area (Å²) in [4.78, 5) is 0. The van der Waals surface area contributed by atoms with Gasteiger partial charge in [-0.1, -0.05) is 11.6 Å². The molecule has 13 heavy (non-hydrogen) atoms. The van der Waals surface area contributed by atoms with E-state index < -0.39 is 0 Å². The van der Waals surface area contributed by atoms with Crippen molar-refractivity contribution in [1.29, 1.82) is 5.26 Å². The molecule has 0 fully saturated rings. The molecule has 0 saturated carbocycles. The molecule has 0 bridgehead atoms. The largest absolute Gasteiger partial charge is 0.508 e. The molecular formula is C10H10ClNO. The van der Waals surface area contributed by atoms with Gasteiger partial charge in [-0.15, -0.1) is 0 Å². The molecule has 68 valence electrons. The molecule has 0 saturated heterocycles. The Kier molecular flexibility index (Phi) is 2.79. The van der Waals surface area contributed by atoms with Gasteiger partial charge in [0.15, 0.2) is 0 Å². The van der Waals surface area contributed by atoms with E-state index in [2.05, 4.69) is 6.07 Å². The van der Waals surface area contributed by atoms with Gasteiger partial charge >= 0.3 is 0 Å². The summed E-state index contributed by atoms with van der Waals surface area (Å²) in [5, 5.41) is 18.6. The van der Waals surface area contributed by atoms with Crippen LogP contribution >= 0.6 is 11.6 Å². The minimum atomic E-state index is -0.293. The van der Waals surface area contributed by atoms with Gasteiger partial charge in [0.25, 0.3) is 0 Å². The molecule has 3 heteroatoms. The molecule has 0 spiro atoms. The minimum absolute atomic E-state index is 0.152. The summed E-state index contributed by atoms with van der Waals surface area (Å²) < 4.78 is 0. The summed E-state index contributed by atoms with van der Waals surface area (Å²) in [5.41, 5.74) is 1.47. The van der Waals surface area contributed by atoms with Crippen LogP contribution in [0.2, 0.25) is 5.02 Å². The zero-order valence-electron chi connectivity index (χ0n) is 7.50. The lowest BCUT2D eigenvalue weighted by atomic mass is 10.0. The first-order valence-corrected chi connectivity index (χ1v) is 4.32. The number of aromatic hydroxyl groups is 1. The Morgan fingerprint density at radius 2 is 2.15 bits per heavy atom. The molecule has 1 rings (SSSR count). The average Bonchev–Trinajstić information content (AvgIpc) is 2.10. The van der Waals surface area contributed by atoms with E-state index in [0.717, 1.165) is 5.56 Å². The lowest BCUT2D eigenvalue weighted by Crippen LogP contribution is -1.92. The van der Waals surface area contributed by atoms with Crippen molar-refractivity contribution in [3.63, 3.8) is 0 Å². The second-order valence-corrected chi connectivity index (χ2v) is 3.39. The summed E-state index contributed by atoms with van der Waals surface area (Å²) in [7, 11) is 0. The predicted octanol–water partition coefficient (Wildman–Crippen LogP) is 2.98. The van der Waals surface area contributed by atoms with Crippen molar-refractivity contribution in [3.8, 4) is 11.8 Å². The zero-order chi connectivity index (χ0) is 10.0. The number of hydrogen-bond acceptors (Lipinski definition) is 2. The lowest BCUT2D eigenvalue weighted by molar-refractivity contribution is 0.474. The highest BCUT2D eigenvalue weighted by Crippen LogP contribution is 2.30. The molecule has 2 nitrogen and oxygen atoms in total. The molecule has 0 amide bonds. The van der Waals surface area contributed by atoms with Gasteiger partial charge in [0.2, 0.25) is 0 Å². The maximum atomic E-state index is 9.29. The Balaban J connectivity index is 3.30. The van der Waals surface area contributed by atoms with Crippen LogP contribution in [0.25, 0.3) is 0 Å². The smallest absolute Gasteiger partial charge is 0.116 e. The van der Waals surface area contributed by atoms with Crippen molar-refractivity contribution < 1.29 is 5.11 Å². The van der Waals surface area contributed by atoms with Crippen molar-refractivity contribution in [2.45, 2.75) is 19.8 Å². The number of halogens is 1. The molecule has 0 aliphatic heterocycles. The van der Waals surface area contributed by atoms with Gasteiger partial charge in [0, 0.05) is 5.02 Å². The number of aryl methyl sites for hydroxylation is 1. The topological polar surface area (TPSA) is 44.0 Å². The Morgan fingerprint density at radius 3 is 2.69 bits per heavy atom. The Hall–Kier alpha value is -1.20. The summed E-state index contributed by atoms with van der Waals surface area (Å²) >= 11 is 5.98. The van der Waals surface area contributed by atoms with Crippen LogP contribution in [0.15, 0.2) is 12.1 Å². The molecule has 1 atom stereocenters. The van der Waals surface area contributed by atoms with Crippen LogP contribution in [0, 0.1) is 18.3 Å². The number of benzene rings is 1. The number of hydrogen-bond donors (Lipinski definition) is 1. The maximum absolute atomic E-state index is 9.29. The van der Waals surface area contributed by atoms with Crippen LogP contribution in [0.3, 0.4) is 0 Å². The Bertz CT molecular complexity index is 368. The first-order chi connectivity index (χ1) is 6.06. The summed E-state index contributed by atoms with van der Waals surface area (Å²) in [6, 6.07) is 5.19. The van der Waals surface area contributed by atoms with Crippen molar-refractivity contribution in [3.05, 3.63) is 28.3 Å². The number of nitriles is 1. The SMILES string of the molecule is Cc1cc(O)cc(C(C)C#N)c1Cl. The van der Waals surface area contributed by atoms with Gasteiger partial charge in [-0.2, -0.15) is 5.26 Å². The van der Waals surface area contributed by atoms with Gasteiger partial charge in [-0.3, -0.25) is 0 Å². The molecule has 0 heterocycles. The van der Waals surface area contributed by atoms with E-state index in [-0.39, 0.29) is 11.7 Å². The van der Waals surface area contributed by atoms with E-state index in [1.165, 1.54) is 6.07 Å². The fourth-order valence-corrected chi connectivity index (χ4v) is 1.43. The standard InChI is InChI=1S/C10H10ClNO/c1-6-3-8(13)4-9(10(6)11)7(2)5-12/h3-4,7,13H,1-2H3. The van der Waals surface area contributed by atoms with Gasteiger partial charge < -0.3 is 5.11 Å². The molecule has 1 aromatic rings. The highest BCUT2D eigenvalue weighted by molar-refractivity contribution is 6.32. The number of rotatable bonds is 1. The number of phenolic OH excluding ortho intramolecular Hbond substituents is 1. The molecule has 0 radical (unpaired) electrons. The van der Waals surface area contributed by atoms with Gasteiger partial charge in [-0.05, 0) is 37.1 Å². The van der Waals surface area contributed by atoms with Crippen LogP contribution in [0.4, 0.5) is 0 Å². The Morgan fingerprint density at radius 1 is 1.54 bits per heavy atom. The van der Waals surface area contributed by atoms with Crippen LogP contribution in [0.1, 0.15) is 24.0 Å². The van der Waals surface area contributed by atoms with Crippen LogP contribution in [-0.2, 0) is 0 Å². The molecule has 1 unspecified atom stereocenters. The average molecular weight is 196 g/mol. The van der Waals surface area contributed by atoms with E-state index in [1.54, 1.807) is 19.9 Å². The Labute approximate surface area is 82.4 Å². The van der Waals surface area contributed by atoms with Gasteiger partial charge in [0.1, 0.15) is 5.75 Å². The fraction of sp³-hybridized carbons (Fsp3) is 0.300. The molecular weight excluding hydrogens is 186 g/mol. The second kappa shape index (κ2) is 3.68. The van der Waals surface area contributed by atoms with E-state index in [9.17, 15) is 5.11 Å². The second-order valence-electron chi connectivity index (χ2n) is 3.02. The van der Waals surface area contributed by atoms with E-state index in [0.29, 0.717) is 10.6 Å². The summed E-state index contributed by atoms with van der Waals surface area (Å²) in [6.45, 7) is 3.55. The van der Waals surface area contributed by atoms with Crippen LogP contribution in [-0.4, -0.2) is 5.11 Å². The van der Waals surface area contributed by atoms with Crippen molar-refractivity contribution in [1.82, 2.24) is 0 Å². The van der Waals surface area contributed by atoms with Gasteiger partial charge in [0.05, 0.1) is 12.0 Å². The number of phenols is 1. The van der Waals surface area contributed by atoms with E-state index >= 15 is 0 Å². The van der Waals surface area contributed by atoms with E-state index in [4.69, 9.17) is 16.9 Å². The van der Waals surface area contributed by atoms with Crippen LogP contribution < -0.4 is 0 Å². The normalized spacial score (nSPS) is 12.2. The molecule has 0 aliphatic carbocycles. The predicted molar refractivity (Wildman–Crippen MR) is 51.9 cm³/mol. The summed E-state index contributed by atoms with van der Waals surface area (Å²) in [6.07, 6.45) is 0. The summed E-state index contributed by atoms with van der Waals surface area (Å²) in [5.74, 6) is -0.141. The molecule has 1 aromatic carbocycles. The highest BCUT2D eigenvalue weighted by Gasteiger charge is 2.11. The van der Waals surface area contributed by atoms with Gasteiger partial charge in [-0.25, -0.2) is 0 Å². The maximum Gasteiger partial charge on any atom is 0.116 e. The number of nitrogens with zero attached hydrogens (tertiary/aromatic N) is 1. The molecule has 0 aromatic heterocycles. The third-order valence-corrected chi connectivity index (χ3v) is 2.44. The monoisotopic (exact) mass is 195 g/mol. The van der Waals surface area contributed by atoms with Crippen LogP contribution in [0.5, 0.6) is 5.75 Å². The zero-order valence-corrected chi connectivity index (χ0v) is 8.26. The first kappa shape index (κ1) is 9.88. The fourth-order valence-electron chi connectivity index (χ4n) is 1.16. The van der Waals surface area contributed by atoms with Crippen molar-refractivity contribution >= 4 is 11.6 Å². The third kappa shape index (κ3) is 1.93. The minimum Gasteiger partial charge on any atom is -0.508 e. The highest BCUT2D eigenvalue weighted by atomic mass is 35.5. The molecule has 1 N–H and O–H groups in total. The van der Waals surface area contributed by atoms with Crippen molar-refractivity contribution in [2.24, 2.45) is 0 Å².